The molecule has 11 rings (SSSR count). The van der Waals surface area contributed by atoms with Crippen molar-refractivity contribution in [2.24, 2.45) is 14.1 Å². The van der Waals surface area contributed by atoms with Gasteiger partial charge in [-0.2, -0.15) is 0 Å². The summed E-state index contributed by atoms with van der Waals surface area (Å²) in [4.78, 5) is 5.16. The summed E-state index contributed by atoms with van der Waals surface area (Å²) >= 11 is 0. The van der Waals surface area contributed by atoms with Crippen LogP contribution in [0.25, 0.3) is 82.6 Å². The van der Waals surface area contributed by atoms with E-state index < -0.39 is 0 Å². The molecule has 11 aromatic rings. The van der Waals surface area contributed by atoms with Gasteiger partial charge in [-0.25, -0.2) is 4.98 Å². The smallest absolute Gasteiger partial charge is 0.243 e. The molecule has 0 saturated carbocycles. The van der Waals surface area contributed by atoms with Crippen LogP contribution in [-0.4, -0.2) is 23.3 Å². The number of aryl methyl sites for hydroxylation is 2. The molecule has 7 heteroatoms. The largest absolute Gasteiger partial charge is 0.458 e. The number of ether oxygens (including phenoxy) is 1. The molecule has 7 nitrogen and oxygen atoms in total. The third-order valence-corrected chi connectivity index (χ3v) is 11.5. The first kappa shape index (κ1) is 33.2. The zero-order valence-electron chi connectivity index (χ0n) is 32.5. The zero-order chi connectivity index (χ0) is 38.6. The predicted molar refractivity (Wildman–Crippen MR) is 231 cm³/mol. The number of pyridine rings is 1. The molecule has 0 amide bonds. The summed E-state index contributed by atoms with van der Waals surface area (Å²) in [6.45, 7) is 6.78. The summed E-state index contributed by atoms with van der Waals surface area (Å²) in [5, 5.41) is 7.16. The first-order chi connectivity index (χ1) is 27.7. The van der Waals surface area contributed by atoms with Gasteiger partial charge in [0.05, 0.1) is 40.3 Å². The van der Waals surface area contributed by atoms with Gasteiger partial charge in [0.2, 0.25) is 6.33 Å². The minimum atomic E-state index is -0.0779. The quantitative estimate of drug-likeness (QED) is 0.130. The Morgan fingerprint density at radius 1 is 0.596 bits per heavy atom. The van der Waals surface area contributed by atoms with E-state index in [1.165, 1.54) is 49.0 Å². The van der Waals surface area contributed by atoms with Gasteiger partial charge in [0.15, 0.2) is 0 Å². The highest BCUT2D eigenvalue weighted by atomic mass is 16.5. The monoisotopic (exact) mass is 740 g/mol. The van der Waals surface area contributed by atoms with Gasteiger partial charge in [0, 0.05) is 75.2 Å². The van der Waals surface area contributed by atoms with Crippen LogP contribution in [0, 0.1) is 6.33 Å². The fourth-order valence-electron chi connectivity index (χ4n) is 8.92. The van der Waals surface area contributed by atoms with Crippen molar-refractivity contribution < 1.29 is 9.30 Å². The zero-order valence-corrected chi connectivity index (χ0v) is 32.5. The highest BCUT2D eigenvalue weighted by Gasteiger charge is 2.28. The van der Waals surface area contributed by atoms with Gasteiger partial charge >= 0.3 is 0 Å². The van der Waals surface area contributed by atoms with Crippen LogP contribution < -0.4 is 9.30 Å². The number of aromatic nitrogens is 6. The Morgan fingerprint density at radius 3 is 2.07 bits per heavy atom. The van der Waals surface area contributed by atoms with Gasteiger partial charge in [0.25, 0.3) is 0 Å². The standard InChI is InChI=1S/C50H40N6O/c1-50(2,3)32-24-25-51-43(28-32)56-42-30-36(57-35-17-13-16-34(29-35)54-27-26-52(4)31-54)22-23-39(42)44-45-37-18-9-11-20-40(37)53(5)48(45)49-46(47(44)56)38-19-10-12-21-41(38)55(49)33-14-7-6-8-15-33/h6-30H,1-5H3. The fourth-order valence-corrected chi connectivity index (χ4v) is 8.92. The molecule has 0 aliphatic heterocycles. The van der Waals surface area contributed by atoms with Gasteiger partial charge < -0.3 is 23.0 Å². The Balaban J connectivity index is 1.32. The lowest BCUT2D eigenvalue weighted by molar-refractivity contribution is -0.599. The third kappa shape index (κ3) is 4.98. The average molecular weight is 741 g/mol. The molecule has 0 radical (unpaired) electrons. The van der Waals surface area contributed by atoms with E-state index in [1.54, 1.807) is 0 Å². The molecule has 0 aliphatic carbocycles. The summed E-state index contributed by atoms with van der Waals surface area (Å²) in [6.07, 6.45) is 9.22. The van der Waals surface area contributed by atoms with Crippen molar-refractivity contribution in [2.75, 3.05) is 0 Å². The van der Waals surface area contributed by atoms with E-state index in [4.69, 9.17) is 9.72 Å². The maximum absolute atomic E-state index is 6.73. The van der Waals surface area contributed by atoms with Crippen LogP contribution >= 0.6 is 0 Å². The van der Waals surface area contributed by atoms with Gasteiger partial charge in [-0.1, -0.05) is 87.5 Å². The molecular weight excluding hydrogens is 701 g/mol. The van der Waals surface area contributed by atoms with Crippen LogP contribution in [0.3, 0.4) is 0 Å². The summed E-state index contributed by atoms with van der Waals surface area (Å²) in [6, 6.07) is 47.5. The first-order valence-corrected chi connectivity index (χ1v) is 19.4. The summed E-state index contributed by atoms with van der Waals surface area (Å²) in [7, 11) is 4.18. The lowest BCUT2D eigenvalue weighted by atomic mass is 9.88. The molecule has 0 fully saturated rings. The number of fused-ring (bicyclic) bond motifs is 12. The average Bonchev–Trinajstić information content (AvgIpc) is 3.98. The first-order valence-electron chi connectivity index (χ1n) is 19.4. The maximum atomic E-state index is 6.73. The predicted octanol–water partition coefficient (Wildman–Crippen LogP) is 11.4. The lowest BCUT2D eigenvalue weighted by Gasteiger charge is -2.20. The Hall–Kier alpha value is -7.12. The van der Waals surface area contributed by atoms with Crippen LogP contribution in [0.1, 0.15) is 26.3 Å². The molecule has 0 unspecified atom stereocenters. The fraction of sp³-hybridized carbons (Fsp3) is 0.120. The van der Waals surface area contributed by atoms with Crippen molar-refractivity contribution in [1.82, 2.24) is 23.3 Å². The summed E-state index contributed by atoms with van der Waals surface area (Å²) in [5.41, 5.74) is 10.1. The Kier molecular flexibility index (Phi) is 7.11. The van der Waals surface area contributed by atoms with Crippen molar-refractivity contribution in [1.29, 1.82) is 0 Å². The molecule has 5 heterocycles. The highest BCUT2D eigenvalue weighted by molar-refractivity contribution is 6.40. The van der Waals surface area contributed by atoms with Gasteiger partial charge in [-0.05, 0) is 71.6 Å². The van der Waals surface area contributed by atoms with Crippen molar-refractivity contribution in [2.45, 2.75) is 26.2 Å². The van der Waals surface area contributed by atoms with Crippen LogP contribution in [-0.2, 0) is 19.5 Å². The Labute approximate surface area is 329 Å². The van der Waals surface area contributed by atoms with Crippen LogP contribution in [0.4, 0.5) is 0 Å². The number of hydrogen-bond donors (Lipinski definition) is 0. The molecule has 0 bridgehead atoms. The third-order valence-electron chi connectivity index (χ3n) is 11.5. The van der Waals surface area contributed by atoms with Crippen molar-refractivity contribution in [3.8, 4) is 28.7 Å². The van der Waals surface area contributed by atoms with Crippen LogP contribution in [0.2, 0.25) is 0 Å². The second kappa shape index (κ2) is 12.2. The van der Waals surface area contributed by atoms with Crippen molar-refractivity contribution in [3.05, 3.63) is 164 Å². The molecule has 5 aromatic heterocycles. The van der Waals surface area contributed by atoms with E-state index >= 15 is 0 Å². The molecule has 0 aliphatic rings. The molecule has 0 spiro atoms. The van der Waals surface area contributed by atoms with Gasteiger partial charge in [-0.15, -0.1) is 0 Å². The Bertz CT molecular complexity index is 3390. The molecule has 57 heavy (non-hydrogen) atoms. The SMILES string of the molecule is Cn1[c-][n+](-c2cccc(Oc3ccc4c5c6c7ccccc7n(C)c6c6c(c7ccccc7n6-c6ccccc6)c5n(-c5cc(C(C)(C)C)ccn5)c4c3)c2)cc1. The summed E-state index contributed by atoms with van der Waals surface area (Å²) < 4.78 is 17.8. The van der Waals surface area contributed by atoms with E-state index in [2.05, 4.69) is 163 Å². The Morgan fingerprint density at radius 2 is 1.30 bits per heavy atom. The van der Waals surface area contributed by atoms with Crippen LogP contribution in [0.5, 0.6) is 11.5 Å². The minimum absolute atomic E-state index is 0.0779. The van der Waals surface area contributed by atoms with Crippen LogP contribution in [0.15, 0.2) is 152 Å². The normalized spacial score (nSPS) is 12.3. The minimum Gasteiger partial charge on any atom is -0.458 e. The second-order valence-electron chi connectivity index (χ2n) is 16.1. The summed E-state index contributed by atoms with van der Waals surface area (Å²) in [5.74, 6) is 2.36. The topological polar surface area (TPSA) is 45.7 Å². The van der Waals surface area contributed by atoms with E-state index in [-0.39, 0.29) is 5.41 Å². The van der Waals surface area contributed by atoms with E-state index in [9.17, 15) is 0 Å². The second-order valence-corrected chi connectivity index (χ2v) is 16.1. The van der Waals surface area contributed by atoms with Crippen molar-refractivity contribution >= 4 is 65.4 Å². The van der Waals surface area contributed by atoms with Crippen molar-refractivity contribution in [3.63, 3.8) is 0 Å². The molecule has 6 aromatic carbocycles. The van der Waals surface area contributed by atoms with E-state index in [0.717, 1.165) is 50.6 Å². The number of imidazole rings is 1. The number of nitrogens with zero attached hydrogens (tertiary/aromatic N) is 6. The van der Waals surface area contributed by atoms with Gasteiger partial charge in [0.1, 0.15) is 17.3 Å². The number of rotatable bonds is 5. The number of benzene rings is 6. The lowest BCUT2D eigenvalue weighted by Crippen LogP contribution is -2.27. The number of para-hydroxylation sites is 3. The molecule has 276 valence electrons. The number of hydrogen-bond acceptors (Lipinski definition) is 2. The van der Waals surface area contributed by atoms with E-state index in [1.807, 2.05) is 53.0 Å². The molecular formula is C50H40N6O. The molecule has 0 atom stereocenters. The highest BCUT2D eigenvalue weighted by Crippen LogP contribution is 2.49. The molecule has 0 N–H and O–H groups in total. The maximum Gasteiger partial charge on any atom is 0.243 e. The van der Waals surface area contributed by atoms with Gasteiger partial charge in [-0.3, -0.25) is 4.57 Å². The van der Waals surface area contributed by atoms with E-state index in [0.29, 0.717) is 0 Å². The molecule has 0 saturated heterocycles.